The smallest absolute Gasteiger partial charge is 0.170 e. The van der Waals surface area contributed by atoms with Gasteiger partial charge in [-0.1, -0.05) is 25.1 Å². The van der Waals surface area contributed by atoms with Gasteiger partial charge in [0.05, 0.1) is 17.8 Å². The van der Waals surface area contributed by atoms with Crippen molar-refractivity contribution in [3.05, 3.63) is 36.2 Å². The molecule has 1 unspecified atom stereocenters. The summed E-state index contributed by atoms with van der Waals surface area (Å²) in [6, 6.07) is 9.72. The van der Waals surface area contributed by atoms with Crippen molar-refractivity contribution in [3.8, 4) is 5.69 Å². The number of nitrogens with zero attached hydrogens (tertiary/aromatic N) is 4. The summed E-state index contributed by atoms with van der Waals surface area (Å²) in [4.78, 5) is 0. The molecular formula is C13H19N5O. The van der Waals surface area contributed by atoms with E-state index in [0.717, 1.165) is 11.5 Å². The van der Waals surface area contributed by atoms with E-state index in [4.69, 9.17) is 0 Å². The maximum absolute atomic E-state index is 9.92. The first-order valence-corrected chi connectivity index (χ1v) is 6.38. The Labute approximate surface area is 112 Å². The molecular weight excluding hydrogens is 242 g/mol. The molecule has 0 aliphatic carbocycles. The number of para-hydroxylation sites is 1. The fourth-order valence-corrected chi connectivity index (χ4v) is 1.65. The van der Waals surface area contributed by atoms with Crippen LogP contribution in [0, 0.1) is 0 Å². The highest BCUT2D eigenvalue weighted by atomic mass is 16.3. The van der Waals surface area contributed by atoms with E-state index in [1.54, 1.807) is 11.6 Å². The third-order valence-electron chi connectivity index (χ3n) is 3.09. The highest BCUT2D eigenvalue weighted by Crippen LogP contribution is 2.08. The van der Waals surface area contributed by atoms with Gasteiger partial charge in [-0.2, -0.15) is 4.68 Å². The van der Waals surface area contributed by atoms with Gasteiger partial charge in [0.25, 0.3) is 0 Å². The van der Waals surface area contributed by atoms with E-state index < -0.39 is 5.60 Å². The molecule has 2 aromatic rings. The number of hydrogen-bond acceptors (Lipinski definition) is 5. The summed E-state index contributed by atoms with van der Waals surface area (Å²) in [5, 5.41) is 24.8. The molecule has 2 N–H and O–H groups in total. The molecule has 6 heteroatoms. The monoisotopic (exact) mass is 261 g/mol. The summed E-state index contributed by atoms with van der Waals surface area (Å²) >= 11 is 0. The minimum Gasteiger partial charge on any atom is -0.389 e. The van der Waals surface area contributed by atoms with Crippen molar-refractivity contribution in [2.24, 2.45) is 0 Å². The van der Waals surface area contributed by atoms with Gasteiger partial charge in [-0.05, 0) is 35.9 Å². The van der Waals surface area contributed by atoms with Gasteiger partial charge in [0.1, 0.15) is 0 Å². The number of hydrogen-bond donors (Lipinski definition) is 2. The Hall–Kier alpha value is -1.79. The maximum Gasteiger partial charge on any atom is 0.170 e. The lowest BCUT2D eigenvalue weighted by molar-refractivity contribution is 0.0553. The van der Waals surface area contributed by atoms with Gasteiger partial charge in [0, 0.05) is 6.54 Å². The second-order valence-electron chi connectivity index (χ2n) is 4.80. The first-order chi connectivity index (χ1) is 9.12. The average molecular weight is 261 g/mol. The van der Waals surface area contributed by atoms with Crippen molar-refractivity contribution < 1.29 is 5.11 Å². The summed E-state index contributed by atoms with van der Waals surface area (Å²) in [7, 11) is 0. The number of aromatic nitrogens is 4. The van der Waals surface area contributed by atoms with Crippen LogP contribution in [0.2, 0.25) is 0 Å². The van der Waals surface area contributed by atoms with E-state index in [2.05, 4.69) is 20.8 Å². The Morgan fingerprint density at radius 3 is 2.74 bits per heavy atom. The van der Waals surface area contributed by atoms with Crippen molar-refractivity contribution in [2.75, 3.05) is 6.54 Å². The van der Waals surface area contributed by atoms with E-state index in [1.807, 2.05) is 37.3 Å². The molecule has 0 saturated carbocycles. The molecule has 6 nitrogen and oxygen atoms in total. The second-order valence-corrected chi connectivity index (χ2v) is 4.80. The van der Waals surface area contributed by atoms with Gasteiger partial charge in [-0.15, -0.1) is 5.10 Å². The van der Waals surface area contributed by atoms with Gasteiger partial charge < -0.3 is 10.4 Å². The third kappa shape index (κ3) is 3.59. The Bertz CT molecular complexity index is 509. The maximum atomic E-state index is 9.92. The lowest BCUT2D eigenvalue weighted by Gasteiger charge is -2.21. The Balaban J connectivity index is 2.01. The van der Waals surface area contributed by atoms with Crippen molar-refractivity contribution in [2.45, 2.75) is 32.4 Å². The van der Waals surface area contributed by atoms with E-state index in [9.17, 15) is 5.11 Å². The van der Waals surface area contributed by atoms with Crippen LogP contribution in [-0.2, 0) is 6.54 Å². The van der Waals surface area contributed by atoms with Crippen molar-refractivity contribution in [3.63, 3.8) is 0 Å². The molecule has 0 radical (unpaired) electrons. The highest BCUT2D eigenvalue weighted by molar-refractivity contribution is 5.30. The number of tetrazole rings is 1. The van der Waals surface area contributed by atoms with Crippen LogP contribution in [-0.4, -0.2) is 37.5 Å². The summed E-state index contributed by atoms with van der Waals surface area (Å²) < 4.78 is 1.69. The largest absolute Gasteiger partial charge is 0.389 e. The molecule has 0 bridgehead atoms. The third-order valence-corrected chi connectivity index (χ3v) is 3.09. The van der Waals surface area contributed by atoms with Crippen LogP contribution in [0.1, 0.15) is 26.1 Å². The van der Waals surface area contributed by atoms with Crippen molar-refractivity contribution >= 4 is 0 Å². The van der Waals surface area contributed by atoms with Crippen molar-refractivity contribution in [1.29, 1.82) is 0 Å². The molecule has 0 spiro atoms. The molecule has 0 aliphatic rings. The van der Waals surface area contributed by atoms with E-state index in [-0.39, 0.29) is 0 Å². The normalized spacial score (nSPS) is 14.3. The van der Waals surface area contributed by atoms with Crippen LogP contribution in [0.4, 0.5) is 0 Å². The van der Waals surface area contributed by atoms with E-state index in [0.29, 0.717) is 19.5 Å². The predicted octanol–water partition coefficient (Wildman–Crippen LogP) is 0.913. The average Bonchev–Trinajstić information content (AvgIpc) is 2.88. The molecule has 102 valence electrons. The zero-order chi connectivity index (χ0) is 13.7. The van der Waals surface area contributed by atoms with Crippen molar-refractivity contribution in [1.82, 2.24) is 25.5 Å². The fraction of sp³-hybridized carbons (Fsp3) is 0.462. The van der Waals surface area contributed by atoms with Crippen LogP contribution >= 0.6 is 0 Å². The summed E-state index contributed by atoms with van der Waals surface area (Å²) in [5.74, 6) is 0.720. The SMILES string of the molecule is CCC(C)(O)CNCc1nnnn1-c1ccccc1. The molecule has 0 saturated heterocycles. The molecule has 19 heavy (non-hydrogen) atoms. The Kier molecular flexibility index (Phi) is 4.24. The predicted molar refractivity (Wildman–Crippen MR) is 71.8 cm³/mol. The quantitative estimate of drug-likeness (QED) is 0.808. The van der Waals surface area contributed by atoms with E-state index >= 15 is 0 Å². The van der Waals surface area contributed by atoms with Gasteiger partial charge in [-0.25, -0.2) is 0 Å². The van der Waals surface area contributed by atoms with Crippen LogP contribution in [0.3, 0.4) is 0 Å². The minimum absolute atomic E-state index is 0.505. The van der Waals surface area contributed by atoms with Gasteiger partial charge in [0.15, 0.2) is 5.82 Å². The number of rotatable bonds is 6. The Morgan fingerprint density at radius 2 is 2.05 bits per heavy atom. The first-order valence-electron chi connectivity index (χ1n) is 6.38. The van der Waals surface area contributed by atoms with Crippen LogP contribution < -0.4 is 5.32 Å². The molecule has 1 aromatic heterocycles. The molecule has 1 atom stereocenters. The van der Waals surface area contributed by atoms with Gasteiger partial charge in [-0.3, -0.25) is 0 Å². The number of benzene rings is 1. The summed E-state index contributed by atoms with van der Waals surface area (Å²) in [6.45, 7) is 4.78. The van der Waals surface area contributed by atoms with Crippen LogP contribution in [0.5, 0.6) is 0 Å². The lowest BCUT2D eigenvalue weighted by Crippen LogP contribution is -2.37. The highest BCUT2D eigenvalue weighted by Gasteiger charge is 2.17. The zero-order valence-electron chi connectivity index (χ0n) is 11.2. The zero-order valence-corrected chi connectivity index (χ0v) is 11.2. The summed E-state index contributed by atoms with van der Waals surface area (Å²) in [5.41, 5.74) is 0.219. The van der Waals surface area contributed by atoms with Gasteiger partial charge in [0.2, 0.25) is 0 Å². The first kappa shape index (κ1) is 13.6. The standard InChI is InChI=1S/C13H19N5O/c1-3-13(2,19)10-14-9-12-15-16-17-18(12)11-7-5-4-6-8-11/h4-8,14,19H,3,9-10H2,1-2H3. The minimum atomic E-state index is -0.703. The number of nitrogens with one attached hydrogen (secondary N) is 1. The van der Waals surface area contributed by atoms with E-state index in [1.165, 1.54) is 0 Å². The summed E-state index contributed by atoms with van der Waals surface area (Å²) in [6.07, 6.45) is 0.698. The molecule has 1 heterocycles. The molecule has 0 amide bonds. The van der Waals surface area contributed by atoms with Crippen LogP contribution in [0.25, 0.3) is 5.69 Å². The molecule has 0 fully saturated rings. The van der Waals surface area contributed by atoms with Crippen LogP contribution in [0.15, 0.2) is 30.3 Å². The van der Waals surface area contributed by atoms with Gasteiger partial charge >= 0.3 is 0 Å². The molecule has 1 aromatic carbocycles. The number of aliphatic hydroxyl groups is 1. The molecule has 2 rings (SSSR count). The Morgan fingerprint density at radius 1 is 1.32 bits per heavy atom. The lowest BCUT2D eigenvalue weighted by atomic mass is 10.0. The fourth-order valence-electron chi connectivity index (χ4n) is 1.65. The topological polar surface area (TPSA) is 75.9 Å². The second kappa shape index (κ2) is 5.90. The molecule has 0 aliphatic heterocycles.